The van der Waals surface area contributed by atoms with Crippen LogP contribution in [0.5, 0.6) is 17.2 Å². The second kappa shape index (κ2) is 7.98. The summed E-state index contributed by atoms with van der Waals surface area (Å²) in [6.07, 6.45) is 0. The van der Waals surface area contributed by atoms with Gasteiger partial charge in [0.2, 0.25) is 0 Å². The summed E-state index contributed by atoms with van der Waals surface area (Å²) < 4.78 is 12.7. The summed E-state index contributed by atoms with van der Waals surface area (Å²) in [6.45, 7) is -0.576. The molecule has 9 heteroatoms. The Bertz CT molecular complexity index is 1210. The van der Waals surface area contributed by atoms with Crippen LogP contribution in [-0.4, -0.2) is 27.6 Å². The molecule has 7 nitrogen and oxygen atoms in total. The van der Waals surface area contributed by atoms with Gasteiger partial charge in [-0.2, -0.15) is 0 Å². The van der Waals surface area contributed by atoms with Crippen molar-refractivity contribution in [3.05, 3.63) is 70.7 Å². The first kappa shape index (κ1) is 19.0. The van der Waals surface area contributed by atoms with Gasteiger partial charge in [0.15, 0.2) is 0 Å². The molecule has 4 aromatic rings. The van der Waals surface area contributed by atoms with Crippen LogP contribution in [0.4, 0.5) is 0 Å². The highest BCUT2D eigenvalue weighted by Gasteiger charge is 2.13. The van der Waals surface area contributed by atoms with E-state index in [0.29, 0.717) is 44.0 Å². The Balaban J connectivity index is 1.72. The van der Waals surface area contributed by atoms with E-state index in [1.165, 1.54) is 4.68 Å². The lowest BCUT2D eigenvalue weighted by atomic mass is 10.2. The van der Waals surface area contributed by atoms with Gasteiger partial charge in [-0.15, -0.1) is 5.10 Å². The molecule has 0 saturated heterocycles. The van der Waals surface area contributed by atoms with Crippen LogP contribution in [0.3, 0.4) is 0 Å². The van der Waals surface area contributed by atoms with Gasteiger partial charge in [0, 0.05) is 11.1 Å². The molecule has 4 rings (SSSR count). The lowest BCUT2D eigenvalue weighted by Crippen LogP contribution is -2.29. The number of carboxylic acids is 1. The second-order valence-electron chi connectivity index (χ2n) is 5.96. The minimum atomic E-state index is -1.32. The monoisotopic (exact) mass is 428 g/mol. The number of carbonyl (C=O) groups is 1. The van der Waals surface area contributed by atoms with Crippen molar-refractivity contribution >= 4 is 40.2 Å². The van der Waals surface area contributed by atoms with Crippen molar-refractivity contribution in [2.24, 2.45) is 0 Å². The number of para-hydroxylation sites is 2. The molecule has 0 aliphatic rings. The fourth-order valence-corrected chi connectivity index (χ4v) is 3.16. The number of rotatable bonds is 6. The number of fused-ring (bicyclic) bond motifs is 1. The third-order valence-electron chi connectivity index (χ3n) is 3.98. The van der Waals surface area contributed by atoms with Gasteiger partial charge in [-0.3, -0.25) is 0 Å². The van der Waals surface area contributed by atoms with Crippen molar-refractivity contribution in [1.29, 1.82) is 0 Å². The van der Waals surface area contributed by atoms with E-state index in [1.807, 2.05) is 0 Å². The Kier molecular flexibility index (Phi) is 5.24. The highest BCUT2D eigenvalue weighted by atomic mass is 35.5. The van der Waals surface area contributed by atoms with E-state index in [-0.39, 0.29) is 0 Å². The fourth-order valence-electron chi connectivity index (χ4n) is 2.72. The van der Waals surface area contributed by atoms with E-state index in [2.05, 4.69) is 10.3 Å². The van der Waals surface area contributed by atoms with Crippen LogP contribution in [0, 0.1) is 0 Å². The highest BCUT2D eigenvalue weighted by Crippen LogP contribution is 2.33. The maximum atomic E-state index is 10.7. The zero-order chi connectivity index (χ0) is 20.4. The Morgan fingerprint density at radius 2 is 1.86 bits per heavy atom. The van der Waals surface area contributed by atoms with Crippen molar-refractivity contribution < 1.29 is 19.4 Å². The minimum Gasteiger partial charge on any atom is -0.546 e. The molecule has 1 aromatic heterocycles. The van der Waals surface area contributed by atoms with Crippen molar-refractivity contribution in [3.63, 3.8) is 0 Å². The number of carbonyl (C=O) groups excluding carboxylic acids is 1. The van der Waals surface area contributed by atoms with E-state index in [4.69, 9.17) is 32.7 Å². The minimum absolute atomic E-state index is 0.329. The van der Waals surface area contributed by atoms with Gasteiger partial charge in [0.1, 0.15) is 35.1 Å². The molecule has 29 heavy (non-hydrogen) atoms. The number of nitrogens with zero attached hydrogens (tertiary/aromatic N) is 3. The van der Waals surface area contributed by atoms with Crippen LogP contribution >= 0.6 is 23.2 Å². The van der Waals surface area contributed by atoms with Gasteiger partial charge in [0.25, 0.3) is 0 Å². The third kappa shape index (κ3) is 4.11. The normalized spacial score (nSPS) is 10.8. The second-order valence-corrected chi connectivity index (χ2v) is 6.80. The molecule has 3 aromatic carbocycles. The fraction of sp³-hybridized carbons (Fsp3) is 0.0500. The van der Waals surface area contributed by atoms with Crippen LogP contribution in [0.15, 0.2) is 60.7 Å². The highest BCUT2D eigenvalue weighted by molar-refractivity contribution is 6.35. The number of aliphatic carboxylic acids is 1. The first-order valence-electron chi connectivity index (χ1n) is 8.42. The van der Waals surface area contributed by atoms with E-state index in [0.717, 1.165) is 0 Å². The largest absolute Gasteiger partial charge is 0.546 e. The van der Waals surface area contributed by atoms with Gasteiger partial charge in [-0.25, -0.2) is 4.68 Å². The SMILES string of the molecule is O=C([O-])COc1ccccc1-n1nnc2ccc(Oc3ccc(Cl)cc3Cl)cc21. The molecule has 0 amide bonds. The molecule has 0 unspecified atom stereocenters. The molecule has 0 N–H and O–H groups in total. The zero-order valence-electron chi connectivity index (χ0n) is 14.7. The van der Waals surface area contributed by atoms with E-state index < -0.39 is 12.6 Å². The van der Waals surface area contributed by atoms with E-state index in [9.17, 15) is 9.90 Å². The van der Waals surface area contributed by atoms with Crippen LogP contribution in [0.25, 0.3) is 16.7 Å². The lowest BCUT2D eigenvalue weighted by Gasteiger charge is -2.12. The van der Waals surface area contributed by atoms with Gasteiger partial charge in [-0.05, 0) is 42.5 Å². The van der Waals surface area contributed by atoms with Crippen LogP contribution < -0.4 is 14.6 Å². The van der Waals surface area contributed by atoms with Crippen molar-refractivity contribution in [1.82, 2.24) is 15.0 Å². The smallest absolute Gasteiger partial charge is 0.146 e. The summed E-state index contributed by atoms with van der Waals surface area (Å²) in [4.78, 5) is 10.7. The molecular formula is C20H12Cl2N3O4-. The van der Waals surface area contributed by atoms with Crippen molar-refractivity contribution in [3.8, 4) is 22.9 Å². The maximum Gasteiger partial charge on any atom is 0.146 e. The number of carboxylic acid groups (broad SMARTS) is 1. The van der Waals surface area contributed by atoms with Crippen LogP contribution in [0.2, 0.25) is 10.0 Å². The summed E-state index contributed by atoms with van der Waals surface area (Å²) >= 11 is 12.1. The summed E-state index contributed by atoms with van der Waals surface area (Å²) in [7, 11) is 0. The molecule has 0 radical (unpaired) electrons. The number of hydrogen-bond acceptors (Lipinski definition) is 6. The number of hydrogen-bond donors (Lipinski definition) is 0. The van der Waals surface area contributed by atoms with Crippen LogP contribution in [0.1, 0.15) is 0 Å². The molecule has 0 aliphatic carbocycles. The van der Waals surface area contributed by atoms with Gasteiger partial charge in [0.05, 0.1) is 16.5 Å². The van der Waals surface area contributed by atoms with Crippen molar-refractivity contribution in [2.75, 3.05) is 6.61 Å². The molecule has 0 fully saturated rings. The first-order chi connectivity index (χ1) is 14.0. The standard InChI is InChI=1S/C20H13Cl2N3O4/c21-12-5-8-18(14(22)9-12)29-13-6-7-15-17(10-13)25(24-23-15)16-3-1-2-4-19(16)28-11-20(26)27/h1-10H,11H2,(H,26,27)/p-1. The third-order valence-corrected chi connectivity index (χ3v) is 4.51. The first-order valence-corrected chi connectivity index (χ1v) is 9.17. The summed E-state index contributed by atoms with van der Waals surface area (Å²) in [6, 6.07) is 17.1. The topological polar surface area (TPSA) is 89.3 Å². The van der Waals surface area contributed by atoms with Gasteiger partial charge >= 0.3 is 0 Å². The van der Waals surface area contributed by atoms with Crippen molar-refractivity contribution in [2.45, 2.75) is 0 Å². The predicted molar refractivity (Wildman–Crippen MR) is 106 cm³/mol. The Hall–Kier alpha value is -3.29. The maximum absolute atomic E-state index is 10.7. The lowest BCUT2D eigenvalue weighted by molar-refractivity contribution is -0.307. The van der Waals surface area contributed by atoms with Crippen LogP contribution in [-0.2, 0) is 4.79 Å². The predicted octanol–water partition coefficient (Wildman–Crippen LogP) is 3.65. The number of aromatic nitrogens is 3. The molecule has 0 atom stereocenters. The average molecular weight is 429 g/mol. The number of halogens is 2. The number of benzene rings is 3. The molecule has 1 heterocycles. The molecule has 0 saturated carbocycles. The van der Waals surface area contributed by atoms with E-state index in [1.54, 1.807) is 60.7 Å². The Morgan fingerprint density at radius 1 is 1.03 bits per heavy atom. The van der Waals surface area contributed by atoms with Gasteiger partial charge in [-0.1, -0.05) is 40.5 Å². The molecule has 0 spiro atoms. The molecule has 0 bridgehead atoms. The Labute approximate surface area is 175 Å². The summed E-state index contributed by atoms with van der Waals surface area (Å²) in [5.74, 6) is -0.0279. The quantitative estimate of drug-likeness (QED) is 0.465. The summed E-state index contributed by atoms with van der Waals surface area (Å²) in [5, 5.41) is 19.9. The molecule has 146 valence electrons. The summed E-state index contributed by atoms with van der Waals surface area (Å²) in [5.41, 5.74) is 1.78. The average Bonchev–Trinajstić information content (AvgIpc) is 3.12. The Morgan fingerprint density at radius 3 is 2.66 bits per heavy atom. The van der Waals surface area contributed by atoms with Gasteiger partial charge < -0.3 is 19.4 Å². The zero-order valence-corrected chi connectivity index (χ0v) is 16.2. The molecule has 0 aliphatic heterocycles. The molecular weight excluding hydrogens is 417 g/mol. The van der Waals surface area contributed by atoms with E-state index >= 15 is 0 Å². The number of ether oxygens (including phenoxy) is 2.